The molecule has 0 radical (unpaired) electrons. The minimum atomic E-state index is -0.169. The molecule has 94 valence electrons. The number of hydroxylamine groups is 2. The van der Waals surface area contributed by atoms with Gasteiger partial charge in [0.15, 0.2) is 0 Å². The van der Waals surface area contributed by atoms with Crippen molar-refractivity contribution in [1.82, 2.24) is 24.6 Å². The van der Waals surface area contributed by atoms with Crippen molar-refractivity contribution in [2.45, 2.75) is 19.8 Å². The molecular weight excluding hydrogens is 234 g/mol. The third-order valence-electron chi connectivity index (χ3n) is 3.01. The third-order valence-corrected chi connectivity index (χ3v) is 3.01. The molecule has 2 aromatic rings. The van der Waals surface area contributed by atoms with E-state index in [1.165, 1.54) is 17.6 Å². The van der Waals surface area contributed by atoms with Crippen LogP contribution in [-0.2, 0) is 4.84 Å². The van der Waals surface area contributed by atoms with Crippen LogP contribution in [0, 0.1) is 6.92 Å². The summed E-state index contributed by atoms with van der Waals surface area (Å²) in [6.07, 6.45) is 4.90. The zero-order valence-corrected chi connectivity index (χ0v) is 10.0. The van der Waals surface area contributed by atoms with Gasteiger partial charge < -0.3 is 0 Å². The zero-order chi connectivity index (χ0) is 12.5. The Hall–Kier alpha value is -2.02. The first-order valence-corrected chi connectivity index (χ1v) is 5.87. The Morgan fingerprint density at radius 1 is 1.39 bits per heavy atom. The number of hydrogen-bond acceptors (Lipinski definition) is 5. The molecule has 1 amide bonds. The average Bonchev–Trinajstić information content (AvgIpc) is 2.89. The number of rotatable bonds is 1. The molecule has 7 heteroatoms. The van der Waals surface area contributed by atoms with E-state index in [0.717, 1.165) is 18.5 Å². The quantitative estimate of drug-likeness (QED) is 0.737. The summed E-state index contributed by atoms with van der Waals surface area (Å²) >= 11 is 0. The molecule has 0 aliphatic carbocycles. The SMILES string of the molecule is Cc1c(C(=O)N2CCCCO2)cnc2ncnn12. The van der Waals surface area contributed by atoms with Crippen molar-refractivity contribution in [3.63, 3.8) is 0 Å². The van der Waals surface area contributed by atoms with Gasteiger partial charge in [0.2, 0.25) is 0 Å². The van der Waals surface area contributed by atoms with E-state index in [2.05, 4.69) is 15.1 Å². The molecule has 2 aromatic heterocycles. The van der Waals surface area contributed by atoms with Crippen molar-refractivity contribution in [2.24, 2.45) is 0 Å². The van der Waals surface area contributed by atoms with Gasteiger partial charge in [-0.15, -0.1) is 0 Å². The van der Waals surface area contributed by atoms with E-state index >= 15 is 0 Å². The maximum absolute atomic E-state index is 12.3. The van der Waals surface area contributed by atoms with Gasteiger partial charge in [-0.3, -0.25) is 9.63 Å². The Morgan fingerprint density at radius 3 is 3.06 bits per heavy atom. The van der Waals surface area contributed by atoms with Crippen LogP contribution in [-0.4, -0.2) is 43.7 Å². The van der Waals surface area contributed by atoms with Crippen LogP contribution in [0.2, 0.25) is 0 Å². The summed E-state index contributed by atoms with van der Waals surface area (Å²) in [4.78, 5) is 25.7. The molecule has 0 atom stereocenters. The van der Waals surface area contributed by atoms with Gasteiger partial charge >= 0.3 is 0 Å². The van der Waals surface area contributed by atoms with E-state index in [-0.39, 0.29) is 5.91 Å². The van der Waals surface area contributed by atoms with E-state index in [1.807, 2.05) is 6.92 Å². The van der Waals surface area contributed by atoms with Gasteiger partial charge in [0.1, 0.15) is 6.33 Å². The molecule has 0 aromatic carbocycles. The fourth-order valence-electron chi connectivity index (χ4n) is 1.99. The van der Waals surface area contributed by atoms with Crippen LogP contribution in [0.4, 0.5) is 0 Å². The van der Waals surface area contributed by atoms with Gasteiger partial charge in [-0.2, -0.15) is 10.1 Å². The lowest BCUT2D eigenvalue weighted by atomic mass is 10.2. The lowest BCUT2D eigenvalue weighted by Crippen LogP contribution is -2.36. The van der Waals surface area contributed by atoms with Crippen molar-refractivity contribution < 1.29 is 9.63 Å². The summed E-state index contributed by atoms with van der Waals surface area (Å²) in [5.41, 5.74) is 1.21. The highest BCUT2D eigenvalue weighted by Crippen LogP contribution is 2.14. The molecule has 7 nitrogen and oxygen atoms in total. The van der Waals surface area contributed by atoms with Gasteiger partial charge in [-0.1, -0.05) is 0 Å². The molecule has 3 rings (SSSR count). The zero-order valence-electron chi connectivity index (χ0n) is 10.0. The first-order valence-electron chi connectivity index (χ1n) is 5.87. The fourth-order valence-corrected chi connectivity index (χ4v) is 1.99. The van der Waals surface area contributed by atoms with Gasteiger partial charge in [0.05, 0.1) is 17.9 Å². The number of carbonyl (C=O) groups is 1. The van der Waals surface area contributed by atoms with Crippen LogP contribution in [0.25, 0.3) is 5.78 Å². The second-order valence-electron chi connectivity index (χ2n) is 4.18. The van der Waals surface area contributed by atoms with E-state index in [1.54, 1.807) is 4.52 Å². The standard InChI is InChI=1S/C11H13N5O2/c1-8-9(6-12-11-13-7-14-16(8)11)10(17)15-4-2-3-5-18-15/h6-7H,2-5H2,1H3. The molecule has 3 heterocycles. The van der Waals surface area contributed by atoms with Crippen molar-refractivity contribution in [1.29, 1.82) is 0 Å². The summed E-state index contributed by atoms with van der Waals surface area (Å²) in [6, 6.07) is 0. The van der Waals surface area contributed by atoms with E-state index in [0.29, 0.717) is 24.5 Å². The number of amides is 1. The molecule has 0 saturated carbocycles. The number of aryl methyl sites for hydroxylation is 1. The molecule has 0 N–H and O–H groups in total. The fraction of sp³-hybridized carbons (Fsp3) is 0.455. The van der Waals surface area contributed by atoms with Crippen LogP contribution < -0.4 is 0 Å². The third kappa shape index (κ3) is 1.72. The van der Waals surface area contributed by atoms with Crippen molar-refractivity contribution in [2.75, 3.05) is 13.2 Å². The van der Waals surface area contributed by atoms with Gasteiger partial charge in [-0.25, -0.2) is 14.6 Å². The normalized spacial score (nSPS) is 16.2. The second kappa shape index (κ2) is 4.34. The van der Waals surface area contributed by atoms with Crippen LogP contribution in [0.5, 0.6) is 0 Å². The van der Waals surface area contributed by atoms with Gasteiger partial charge in [-0.05, 0) is 19.8 Å². The average molecular weight is 247 g/mol. The summed E-state index contributed by atoms with van der Waals surface area (Å²) in [5.74, 6) is 0.320. The van der Waals surface area contributed by atoms with E-state index < -0.39 is 0 Å². The lowest BCUT2D eigenvalue weighted by molar-refractivity contribution is -0.144. The summed E-state index contributed by atoms with van der Waals surface area (Å²) < 4.78 is 1.55. The number of carbonyl (C=O) groups excluding carboxylic acids is 1. The molecule has 18 heavy (non-hydrogen) atoms. The first-order chi connectivity index (χ1) is 8.77. The monoisotopic (exact) mass is 247 g/mol. The maximum atomic E-state index is 12.3. The molecule has 1 aliphatic rings. The molecule has 0 bridgehead atoms. The van der Waals surface area contributed by atoms with Crippen molar-refractivity contribution in [3.8, 4) is 0 Å². The van der Waals surface area contributed by atoms with Crippen LogP contribution in [0.3, 0.4) is 0 Å². The van der Waals surface area contributed by atoms with Gasteiger partial charge in [0.25, 0.3) is 11.7 Å². The molecule has 1 saturated heterocycles. The predicted octanol–water partition coefficient (Wildman–Crippen LogP) is 0.600. The highest BCUT2D eigenvalue weighted by molar-refractivity contribution is 5.94. The topological polar surface area (TPSA) is 72.6 Å². The minimum absolute atomic E-state index is 0.169. The van der Waals surface area contributed by atoms with Crippen molar-refractivity contribution >= 4 is 11.7 Å². The number of hydrogen-bond donors (Lipinski definition) is 0. The Labute approximate surface area is 103 Å². The second-order valence-corrected chi connectivity index (χ2v) is 4.18. The highest BCUT2D eigenvalue weighted by atomic mass is 16.7. The Morgan fingerprint density at radius 2 is 2.28 bits per heavy atom. The summed E-state index contributed by atoms with van der Waals surface area (Å²) in [5, 5.41) is 5.44. The first kappa shape index (κ1) is 11.1. The Bertz CT molecular complexity index is 588. The van der Waals surface area contributed by atoms with Crippen molar-refractivity contribution in [3.05, 3.63) is 23.8 Å². The van der Waals surface area contributed by atoms with Crippen LogP contribution in [0.1, 0.15) is 28.9 Å². The lowest BCUT2D eigenvalue weighted by Gasteiger charge is -2.26. The molecule has 0 spiro atoms. The molecule has 1 fully saturated rings. The number of aromatic nitrogens is 4. The largest absolute Gasteiger partial charge is 0.280 e. The van der Waals surface area contributed by atoms with E-state index in [9.17, 15) is 4.79 Å². The molecular formula is C11H13N5O2. The summed E-state index contributed by atoms with van der Waals surface area (Å²) in [6.45, 7) is 3.03. The molecule has 0 unspecified atom stereocenters. The highest BCUT2D eigenvalue weighted by Gasteiger charge is 2.22. The summed E-state index contributed by atoms with van der Waals surface area (Å²) in [7, 11) is 0. The number of nitrogens with zero attached hydrogens (tertiary/aromatic N) is 5. The van der Waals surface area contributed by atoms with Crippen LogP contribution in [0.15, 0.2) is 12.5 Å². The smallest absolute Gasteiger partial charge is 0.271 e. The maximum Gasteiger partial charge on any atom is 0.280 e. The Balaban J connectivity index is 1.97. The number of fused-ring (bicyclic) bond motifs is 1. The predicted molar refractivity (Wildman–Crippen MR) is 61.7 cm³/mol. The molecule has 1 aliphatic heterocycles. The Kier molecular flexibility index (Phi) is 2.67. The van der Waals surface area contributed by atoms with E-state index in [4.69, 9.17) is 4.84 Å². The van der Waals surface area contributed by atoms with Crippen LogP contribution >= 0.6 is 0 Å². The van der Waals surface area contributed by atoms with Gasteiger partial charge in [0, 0.05) is 12.7 Å². The minimum Gasteiger partial charge on any atom is -0.271 e.